The Hall–Kier alpha value is -2.67. The average Bonchev–Trinajstić information content (AvgIpc) is 3.23. The van der Waals surface area contributed by atoms with Crippen LogP contribution in [0.2, 0.25) is 0 Å². The molecule has 0 bridgehead atoms. The van der Waals surface area contributed by atoms with Crippen molar-refractivity contribution in [1.82, 2.24) is 14.9 Å². The highest BCUT2D eigenvalue weighted by Crippen LogP contribution is 2.31. The second-order valence-corrected chi connectivity index (χ2v) is 8.69. The van der Waals surface area contributed by atoms with Gasteiger partial charge in [0.2, 0.25) is 11.8 Å². The number of hydrogen-bond acceptors (Lipinski definition) is 4. The van der Waals surface area contributed by atoms with Gasteiger partial charge in [-0.1, -0.05) is 36.0 Å². The summed E-state index contributed by atoms with van der Waals surface area (Å²) < 4.78 is 0. The van der Waals surface area contributed by atoms with Crippen molar-refractivity contribution < 1.29 is 9.59 Å². The summed E-state index contributed by atoms with van der Waals surface area (Å²) in [6.07, 6.45) is 6.16. The van der Waals surface area contributed by atoms with Crippen LogP contribution in [-0.4, -0.2) is 33.2 Å². The van der Waals surface area contributed by atoms with E-state index in [9.17, 15) is 9.59 Å². The summed E-state index contributed by atoms with van der Waals surface area (Å²) in [5.74, 6) is 0.364. The molecule has 144 valence electrons. The Morgan fingerprint density at radius 1 is 1.29 bits per heavy atom. The zero-order chi connectivity index (χ0) is 19.1. The molecule has 2 aliphatic rings. The van der Waals surface area contributed by atoms with Crippen LogP contribution in [0.4, 0.5) is 5.13 Å². The molecule has 1 aliphatic heterocycles. The van der Waals surface area contributed by atoms with Gasteiger partial charge in [0.25, 0.3) is 0 Å². The van der Waals surface area contributed by atoms with Crippen molar-refractivity contribution in [3.05, 3.63) is 46.6 Å². The number of rotatable bonds is 4. The number of aromatic amines is 1. The molecule has 0 atom stereocenters. The summed E-state index contributed by atoms with van der Waals surface area (Å²) in [4.78, 5) is 35.8. The number of carbonyl (C=O) groups is 2. The average molecular weight is 395 g/mol. The number of amides is 2. The molecule has 2 aromatic heterocycles. The summed E-state index contributed by atoms with van der Waals surface area (Å²) in [5.41, 5.74) is 3.11. The predicted octanol–water partition coefficient (Wildman–Crippen LogP) is 3.49. The fraction of sp³-hybridized carbons (Fsp3) is 0.381. The molecule has 0 unspecified atom stereocenters. The van der Waals surface area contributed by atoms with Gasteiger partial charge in [0, 0.05) is 40.9 Å². The van der Waals surface area contributed by atoms with Crippen LogP contribution in [0.5, 0.6) is 0 Å². The fourth-order valence-corrected chi connectivity index (χ4v) is 4.92. The number of fused-ring (bicyclic) bond motifs is 2. The molecule has 1 aliphatic carbocycles. The van der Waals surface area contributed by atoms with Crippen LogP contribution in [0.1, 0.15) is 35.4 Å². The van der Waals surface area contributed by atoms with Gasteiger partial charge in [0.05, 0.1) is 18.7 Å². The van der Waals surface area contributed by atoms with E-state index in [1.165, 1.54) is 11.3 Å². The first-order valence-corrected chi connectivity index (χ1v) is 10.6. The molecule has 1 fully saturated rings. The molecule has 6 nitrogen and oxygen atoms in total. The number of para-hydroxylation sites is 1. The first kappa shape index (κ1) is 17.4. The number of aromatic nitrogens is 2. The van der Waals surface area contributed by atoms with Crippen LogP contribution in [0.15, 0.2) is 30.5 Å². The Morgan fingerprint density at radius 3 is 2.96 bits per heavy atom. The Kier molecular flexibility index (Phi) is 4.39. The second-order valence-electron chi connectivity index (χ2n) is 7.61. The van der Waals surface area contributed by atoms with Gasteiger partial charge in [-0.2, -0.15) is 0 Å². The van der Waals surface area contributed by atoms with E-state index in [2.05, 4.69) is 15.3 Å². The molecular weight excluding hydrogens is 372 g/mol. The summed E-state index contributed by atoms with van der Waals surface area (Å²) in [6.45, 7) is 1.25. The third-order valence-electron chi connectivity index (χ3n) is 5.81. The third kappa shape index (κ3) is 3.20. The van der Waals surface area contributed by atoms with Gasteiger partial charge in [0.15, 0.2) is 5.13 Å². The van der Waals surface area contributed by atoms with E-state index in [1.54, 1.807) is 0 Å². The number of hydrogen-bond donors (Lipinski definition) is 2. The van der Waals surface area contributed by atoms with Gasteiger partial charge < -0.3 is 15.2 Å². The first-order valence-electron chi connectivity index (χ1n) is 9.79. The highest BCUT2D eigenvalue weighted by atomic mass is 32.1. The summed E-state index contributed by atoms with van der Waals surface area (Å²) in [7, 11) is 0. The molecule has 1 saturated carbocycles. The normalized spacial score (nSPS) is 16.6. The maximum atomic E-state index is 12.9. The Labute approximate surface area is 167 Å². The highest BCUT2D eigenvalue weighted by molar-refractivity contribution is 7.15. The van der Waals surface area contributed by atoms with Gasteiger partial charge in [-0.05, 0) is 24.5 Å². The van der Waals surface area contributed by atoms with Gasteiger partial charge in [0.1, 0.15) is 0 Å². The van der Waals surface area contributed by atoms with E-state index in [4.69, 9.17) is 0 Å². The minimum atomic E-state index is 0.0876. The standard InChI is InChI=1S/C21H22N4O2S/c26-19(10-14-11-22-16-7-2-1-6-15(14)16)25-9-8-17-18(12-25)28-21(23-17)24-20(27)13-4-3-5-13/h1-2,6-7,11,13,22H,3-5,8-10,12H2,(H,23,24,27). The summed E-state index contributed by atoms with van der Waals surface area (Å²) >= 11 is 1.50. The van der Waals surface area contributed by atoms with Crippen LogP contribution in [0.25, 0.3) is 10.9 Å². The van der Waals surface area contributed by atoms with E-state index in [0.717, 1.165) is 52.7 Å². The molecule has 3 aromatic rings. The van der Waals surface area contributed by atoms with Crippen LogP contribution in [0, 0.1) is 5.92 Å². The molecule has 28 heavy (non-hydrogen) atoms. The number of H-pyrrole nitrogens is 1. The quantitative estimate of drug-likeness (QED) is 0.711. The molecule has 2 amide bonds. The molecule has 7 heteroatoms. The van der Waals surface area contributed by atoms with E-state index < -0.39 is 0 Å². The van der Waals surface area contributed by atoms with Gasteiger partial charge in [-0.15, -0.1) is 0 Å². The van der Waals surface area contributed by atoms with Crippen molar-refractivity contribution in [2.24, 2.45) is 5.92 Å². The zero-order valence-corrected chi connectivity index (χ0v) is 16.3. The molecular formula is C21H22N4O2S. The SMILES string of the molecule is O=C(Nc1nc2c(s1)CN(C(=O)Cc1c[nH]c3ccccc13)CC2)C1CCC1. The summed E-state index contributed by atoms with van der Waals surface area (Å²) in [6, 6.07) is 8.05. The van der Waals surface area contributed by atoms with Crippen LogP contribution in [0.3, 0.4) is 0 Å². The van der Waals surface area contributed by atoms with Crippen molar-refractivity contribution in [2.45, 2.75) is 38.6 Å². The topological polar surface area (TPSA) is 78.1 Å². The Bertz CT molecular complexity index is 1050. The number of anilines is 1. The van der Waals surface area contributed by atoms with Crippen molar-refractivity contribution in [2.75, 3.05) is 11.9 Å². The lowest BCUT2D eigenvalue weighted by molar-refractivity contribution is -0.131. The Morgan fingerprint density at radius 2 is 2.14 bits per heavy atom. The monoisotopic (exact) mass is 394 g/mol. The second kappa shape index (κ2) is 7.05. The third-order valence-corrected chi connectivity index (χ3v) is 6.80. The smallest absolute Gasteiger partial charge is 0.229 e. The predicted molar refractivity (Wildman–Crippen MR) is 109 cm³/mol. The van der Waals surface area contributed by atoms with Crippen molar-refractivity contribution in [3.63, 3.8) is 0 Å². The maximum absolute atomic E-state index is 12.9. The maximum Gasteiger partial charge on any atom is 0.229 e. The lowest BCUT2D eigenvalue weighted by Crippen LogP contribution is -2.36. The minimum absolute atomic E-state index is 0.0876. The van der Waals surface area contributed by atoms with Crippen molar-refractivity contribution in [1.29, 1.82) is 0 Å². The summed E-state index contributed by atoms with van der Waals surface area (Å²) in [5, 5.41) is 4.74. The van der Waals surface area contributed by atoms with Gasteiger partial charge >= 0.3 is 0 Å². The minimum Gasteiger partial charge on any atom is -0.361 e. The van der Waals surface area contributed by atoms with Gasteiger partial charge in [-0.25, -0.2) is 4.98 Å². The number of thiazole rings is 1. The zero-order valence-electron chi connectivity index (χ0n) is 15.5. The molecule has 2 N–H and O–H groups in total. The van der Waals surface area contributed by atoms with E-state index in [-0.39, 0.29) is 17.7 Å². The largest absolute Gasteiger partial charge is 0.361 e. The molecule has 5 rings (SSSR count). The molecule has 0 saturated heterocycles. The van der Waals surface area contributed by atoms with E-state index >= 15 is 0 Å². The highest BCUT2D eigenvalue weighted by Gasteiger charge is 2.28. The molecule has 1 aromatic carbocycles. The van der Waals surface area contributed by atoms with Crippen molar-refractivity contribution in [3.8, 4) is 0 Å². The lowest BCUT2D eigenvalue weighted by atomic mass is 9.85. The molecule has 0 radical (unpaired) electrons. The first-order chi connectivity index (χ1) is 13.7. The van der Waals surface area contributed by atoms with Crippen LogP contribution < -0.4 is 5.32 Å². The lowest BCUT2D eigenvalue weighted by Gasteiger charge is -2.26. The Balaban J connectivity index is 1.26. The fourth-order valence-electron chi connectivity index (χ4n) is 3.89. The van der Waals surface area contributed by atoms with E-state index in [1.807, 2.05) is 35.4 Å². The van der Waals surface area contributed by atoms with Crippen molar-refractivity contribution >= 4 is 39.2 Å². The molecule has 0 spiro atoms. The molecule has 3 heterocycles. The van der Waals surface area contributed by atoms with Gasteiger partial charge in [-0.3, -0.25) is 9.59 Å². The van der Waals surface area contributed by atoms with Crippen LogP contribution in [-0.2, 0) is 29.0 Å². The van der Waals surface area contributed by atoms with Crippen LogP contribution >= 0.6 is 11.3 Å². The number of nitrogens with one attached hydrogen (secondary N) is 2. The number of benzene rings is 1. The number of carbonyl (C=O) groups excluding carboxylic acids is 2. The number of nitrogens with zero attached hydrogens (tertiary/aromatic N) is 2. The van der Waals surface area contributed by atoms with E-state index in [0.29, 0.717) is 24.6 Å².